The average Bonchev–Trinajstić information content (AvgIpc) is 3.08. The Morgan fingerprint density at radius 3 is 2.71 bits per heavy atom. The predicted octanol–water partition coefficient (Wildman–Crippen LogP) is 3.90. The number of imidazole rings is 1. The highest BCUT2D eigenvalue weighted by Gasteiger charge is 2.03. The molecule has 28 heavy (non-hydrogen) atoms. The van der Waals surface area contributed by atoms with Gasteiger partial charge < -0.3 is 15.2 Å². The van der Waals surface area contributed by atoms with E-state index in [9.17, 15) is 4.39 Å². The Morgan fingerprint density at radius 1 is 1.14 bits per heavy atom. The van der Waals surface area contributed by atoms with Gasteiger partial charge in [-0.1, -0.05) is 18.2 Å². The van der Waals surface area contributed by atoms with E-state index in [2.05, 4.69) is 31.2 Å². The fourth-order valence-electron chi connectivity index (χ4n) is 3.12. The van der Waals surface area contributed by atoms with E-state index in [0.717, 1.165) is 60.6 Å². The summed E-state index contributed by atoms with van der Waals surface area (Å²) in [5, 5.41) is 6.64. The van der Waals surface area contributed by atoms with Crippen LogP contribution in [0.3, 0.4) is 0 Å². The van der Waals surface area contributed by atoms with E-state index in [0.29, 0.717) is 0 Å². The van der Waals surface area contributed by atoms with Gasteiger partial charge in [0.15, 0.2) is 5.96 Å². The number of hydrogen-bond donors (Lipinski definition) is 2. The minimum atomic E-state index is -0.188. The zero-order chi connectivity index (χ0) is 19.1. The van der Waals surface area contributed by atoms with E-state index in [-0.39, 0.29) is 29.8 Å². The van der Waals surface area contributed by atoms with Crippen LogP contribution in [0.4, 0.5) is 4.39 Å². The normalized spacial score (nSPS) is 11.3. The number of guanidine groups is 1. The molecule has 0 bridgehead atoms. The summed E-state index contributed by atoms with van der Waals surface area (Å²) < 4.78 is 15.3. The van der Waals surface area contributed by atoms with E-state index in [4.69, 9.17) is 0 Å². The fourth-order valence-corrected chi connectivity index (χ4v) is 3.12. The third-order valence-corrected chi connectivity index (χ3v) is 4.61. The van der Waals surface area contributed by atoms with E-state index < -0.39 is 0 Å². The molecule has 1 aromatic heterocycles. The number of fused-ring (bicyclic) bond motifs is 1. The van der Waals surface area contributed by atoms with E-state index in [1.165, 1.54) is 6.07 Å². The van der Waals surface area contributed by atoms with Gasteiger partial charge >= 0.3 is 0 Å². The molecule has 0 spiro atoms. The van der Waals surface area contributed by atoms with Crippen LogP contribution in [-0.2, 0) is 13.0 Å². The molecule has 7 heteroatoms. The average molecular weight is 495 g/mol. The van der Waals surface area contributed by atoms with E-state index >= 15 is 0 Å². The fraction of sp³-hybridized carbons (Fsp3) is 0.333. The molecule has 0 aliphatic heterocycles. The number of aryl methyl sites for hydroxylation is 2. The van der Waals surface area contributed by atoms with Crippen molar-refractivity contribution in [1.29, 1.82) is 0 Å². The summed E-state index contributed by atoms with van der Waals surface area (Å²) in [5.41, 5.74) is 4.31. The van der Waals surface area contributed by atoms with Crippen molar-refractivity contribution < 1.29 is 4.39 Å². The van der Waals surface area contributed by atoms with E-state index in [1.54, 1.807) is 13.1 Å². The highest BCUT2D eigenvalue weighted by Crippen LogP contribution is 2.12. The second kappa shape index (κ2) is 11.0. The Labute approximate surface area is 182 Å². The molecule has 0 atom stereocenters. The van der Waals surface area contributed by atoms with Gasteiger partial charge in [0.05, 0.1) is 17.4 Å². The van der Waals surface area contributed by atoms with Gasteiger partial charge in [-0.15, -0.1) is 24.0 Å². The molecule has 0 aliphatic rings. The Hall–Kier alpha value is -2.16. The Bertz CT molecular complexity index is 922. The monoisotopic (exact) mass is 495 g/mol. The maximum absolute atomic E-state index is 13.2. The zero-order valence-corrected chi connectivity index (χ0v) is 18.6. The van der Waals surface area contributed by atoms with Crippen LogP contribution in [0.15, 0.2) is 53.8 Å². The topological polar surface area (TPSA) is 54.2 Å². The van der Waals surface area contributed by atoms with Crippen LogP contribution < -0.4 is 10.6 Å². The van der Waals surface area contributed by atoms with Crippen LogP contribution in [-0.4, -0.2) is 35.6 Å². The molecule has 2 N–H and O–H groups in total. The summed E-state index contributed by atoms with van der Waals surface area (Å²) in [7, 11) is 1.77. The minimum absolute atomic E-state index is 0. The van der Waals surface area contributed by atoms with Gasteiger partial charge in [0.25, 0.3) is 0 Å². The van der Waals surface area contributed by atoms with Crippen molar-refractivity contribution in [3.8, 4) is 0 Å². The van der Waals surface area contributed by atoms with Crippen LogP contribution >= 0.6 is 24.0 Å². The molecular weight excluding hydrogens is 468 g/mol. The molecule has 0 aliphatic carbocycles. The second-order valence-corrected chi connectivity index (χ2v) is 6.53. The standard InChI is InChI=1S/C21H26FN5.HI/c1-16-14-18(22)9-8-17(16)10-12-25-21(23-2)24-11-5-13-27-15-26-19-6-3-4-7-20(19)27;/h3-4,6-9,14-15H,5,10-13H2,1-2H3,(H2,23,24,25);1H. The number of benzene rings is 2. The van der Waals surface area contributed by atoms with Crippen LogP contribution in [0.25, 0.3) is 11.0 Å². The summed E-state index contributed by atoms with van der Waals surface area (Å²) in [6.45, 7) is 4.41. The lowest BCUT2D eigenvalue weighted by Gasteiger charge is -2.13. The molecule has 0 amide bonds. The number of nitrogens with one attached hydrogen (secondary N) is 2. The molecule has 2 aromatic carbocycles. The lowest BCUT2D eigenvalue weighted by atomic mass is 10.1. The molecule has 3 rings (SSSR count). The third kappa shape index (κ3) is 5.92. The number of aliphatic imine (C=N–C) groups is 1. The first-order chi connectivity index (χ1) is 13.2. The Kier molecular flexibility index (Phi) is 8.69. The maximum Gasteiger partial charge on any atom is 0.190 e. The first kappa shape index (κ1) is 22.1. The summed E-state index contributed by atoms with van der Waals surface area (Å²) in [5.74, 6) is 0.595. The van der Waals surface area contributed by atoms with Crippen LogP contribution in [0.1, 0.15) is 17.5 Å². The zero-order valence-electron chi connectivity index (χ0n) is 16.3. The Morgan fingerprint density at radius 2 is 1.93 bits per heavy atom. The quantitative estimate of drug-likeness (QED) is 0.226. The SMILES string of the molecule is CN=C(NCCCn1cnc2ccccc21)NCCc1ccc(F)cc1C.I. The Balaban J connectivity index is 0.00000280. The maximum atomic E-state index is 13.2. The number of hydrogen-bond acceptors (Lipinski definition) is 2. The first-order valence-corrected chi connectivity index (χ1v) is 9.27. The van der Waals surface area contributed by atoms with Gasteiger partial charge in [0.2, 0.25) is 0 Å². The third-order valence-electron chi connectivity index (χ3n) is 4.61. The van der Waals surface area contributed by atoms with Gasteiger partial charge in [-0.3, -0.25) is 4.99 Å². The van der Waals surface area contributed by atoms with Crippen molar-refractivity contribution in [2.24, 2.45) is 4.99 Å². The van der Waals surface area contributed by atoms with Crippen molar-refractivity contribution >= 4 is 41.0 Å². The largest absolute Gasteiger partial charge is 0.356 e. The molecule has 0 saturated carbocycles. The molecule has 3 aromatic rings. The lowest BCUT2D eigenvalue weighted by molar-refractivity contribution is 0.625. The number of aromatic nitrogens is 2. The number of halogens is 2. The summed E-state index contributed by atoms with van der Waals surface area (Å²) in [6, 6.07) is 13.1. The summed E-state index contributed by atoms with van der Waals surface area (Å²) in [4.78, 5) is 8.67. The lowest BCUT2D eigenvalue weighted by Crippen LogP contribution is -2.39. The van der Waals surface area contributed by atoms with Gasteiger partial charge in [-0.25, -0.2) is 9.37 Å². The van der Waals surface area contributed by atoms with Crippen molar-refractivity contribution in [3.63, 3.8) is 0 Å². The first-order valence-electron chi connectivity index (χ1n) is 9.27. The van der Waals surface area contributed by atoms with Crippen LogP contribution in [0.5, 0.6) is 0 Å². The molecule has 150 valence electrons. The van der Waals surface area contributed by atoms with Gasteiger partial charge in [0.1, 0.15) is 5.82 Å². The molecule has 5 nitrogen and oxygen atoms in total. The van der Waals surface area contributed by atoms with Crippen molar-refractivity contribution in [1.82, 2.24) is 20.2 Å². The molecule has 0 fully saturated rings. The van der Waals surface area contributed by atoms with Crippen LogP contribution in [0.2, 0.25) is 0 Å². The highest BCUT2D eigenvalue weighted by molar-refractivity contribution is 14.0. The van der Waals surface area contributed by atoms with Crippen molar-refractivity contribution in [3.05, 3.63) is 65.7 Å². The second-order valence-electron chi connectivity index (χ2n) is 6.53. The van der Waals surface area contributed by atoms with Gasteiger partial charge in [-0.2, -0.15) is 0 Å². The molecule has 1 heterocycles. The van der Waals surface area contributed by atoms with Crippen LogP contribution in [0, 0.1) is 12.7 Å². The number of nitrogens with zero attached hydrogens (tertiary/aromatic N) is 3. The van der Waals surface area contributed by atoms with Crippen molar-refractivity contribution in [2.75, 3.05) is 20.1 Å². The van der Waals surface area contributed by atoms with Crippen molar-refractivity contribution in [2.45, 2.75) is 26.3 Å². The molecular formula is C21H27FIN5. The molecule has 0 saturated heterocycles. The smallest absolute Gasteiger partial charge is 0.190 e. The van der Waals surface area contributed by atoms with Gasteiger partial charge in [0, 0.05) is 26.7 Å². The van der Waals surface area contributed by atoms with E-state index in [1.807, 2.05) is 37.5 Å². The summed E-state index contributed by atoms with van der Waals surface area (Å²) in [6.07, 6.45) is 3.69. The predicted molar refractivity (Wildman–Crippen MR) is 124 cm³/mol. The highest BCUT2D eigenvalue weighted by atomic mass is 127. The number of para-hydroxylation sites is 2. The van der Waals surface area contributed by atoms with Gasteiger partial charge in [-0.05, 0) is 55.2 Å². The summed E-state index contributed by atoms with van der Waals surface area (Å²) >= 11 is 0. The minimum Gasteiger partial charge on any atom is -0.356 e. The molecule has 0 unspecified atom stereocenters. The molecule has 0 radical (unpaired) electrons. The number of rotatable bonds is 7.